The lowest BCUT2D eigenvalue weighted by Gasteiger charge is -2.31. The van der Waals surface area contributed by atoms with E-state index >= 15 is 0 Å². The van der Waals surface area contributed by atoms with Gasteiger partial charge < -0.3 is 15.0 Å². The number of Topliss-reactive ketones (excluding diaryl/α,β-unsaturated/α-hetero) is 1. The Morgan fingerprint density at radius 1 is 1.05 bits per heavy atom. The van der Waals surface area contributed by atoms with E-state index in [1.54, 1.807) is 0 Å². The maximum absolute atomic E-state index is 14.0. The van der Waals surface area contributed by atoms with Gasteiger partial charge in [-0.2, -0.15) is 0 Å². The van der Waals surface area contributed by atoms with Crippen molar-refractivity contribution in [2.45, 2.75) is 12.8 Å². The van der Waals surface area contributed by atoms with Crippen LogP contribution >= 0.6 is 23.7 Å². The van der Waals surface area contributed by atoms with Gasteiger partial charge >= 0.3 is 6.36 Å². The molecule has 0 unspecified atom stereocenters. The fourth-order valence-electron chi connectivity index (χ4n) is 3.78. The predicted octanol–water partition coefficient (Wildman–Crippen LogP) is 4.42. The minimum atomic E-state index is -5.02. The molecule has 8 nitrogen and oxygen atoms in total. The summed E-state index contributed by atoms with van der Waals surface area (Å²) in [7, 11) is 1.95. The van der Waals surface area contributed by atoms with Crippen molar-refractivity contribution in [2.24, 2.45) is 0 Å². The lowest BCUT2D eigenvalue weighted by molar-refractivity contribution is -0.274. The van der Waals surface area contributed by atoms with Crippen LogP contribution in [0.1, 0.15) is 15.4 Å². The van der Waals surface area contributed by atoms with E-state index in [0.29, 0.717) is 13.1 Å². The number of benzene rings is 2. The van der Waals surface area contributed by atoms with Crippen molar-refractivity contribution < 1.29 is 36.3 Å². The SMILES string of the molecule is CN1CCN(CC(=O)Nc2cc(C(=O)Cc3nnc(-c4c(F)cccc4F)s3)ccc2OC(F)(F)F)CC1.Cl. The van der Waals surface area contributed by atoms with Crippen LogP contribution < -0.4 is 10.1 Å². The summed E-state index contributed by atoms with van der Waals surface area (Å²) in [6, 6.07) is 6.48. The van der Waals surface area contributed by atoms with Crippen LogP contribution in [0.4, 0.5) is 27.6 Å². The first-order chi connectivity index (χ1) is 18.0. The zero-order chi connectivity index (χ0) is 27.4. The van der Waals surface area contributed by atoms with E-state index in [-0.39, 0.29) is 52.2 Å². The number of nitrogens with zero attached hydrogens (tertiary/aromatic N) is 4. The lowest BCUT2D eigenvalue weighted by atomic mass is 10.1. The maximum atomic E-state index is 14.0. The third kappa shape index (κ3) is 8.14. The summed E-state index contributed by atoms with van der Waals surface area (Å²) in [6.45, 7) is 2.69. The van der Waals surface area contributed by atoms with Gasteiger partial charge in [0.2, 0.25) is 5.91 Å². The fourth-order valence-corrected chi connectivity index (χ4v) is 4.67. The number of piperazine rings is 1. The fraction of sp³-hybridized carbons (Fsp3) is 0.333. The summed E-state index contributed by atoms with van der Waals surface area (Å²) in [5.41, 5.74) is -0.718. The number of hydrogen-bond acceptors (Lipinski definition) is 8. The molecule has 0 saturated carbocycles. The number of likely N-dealkylation sites (N-methyl/N-ethyl adjacent to an activating group) is 1. The molecular formula is C24H23ClF5N5O3S. The summed E-state index contributed by atoms with van der Waals surface area (Å²) in [4.78, 5) is 29.4. The molecule has 1 aliphatic heterocycles. The van der Waals surface area contributed by atoms with E-state index in [2.05, 4.69) is 25.2 Å². The molecule has 1 fully saturated rings. The van der Waals surface area contributed by atoms with E-state index in [1.807, 2.05) is 11.9 Å². The molecule has 0 aliphatic carbocycles. The standard InChI is InChI=1S/C24H22F5N5O3S.ClH/c1-33-7-9-34(10-8-33)13-20(36)30-17-11-14(5-6-19(17)37-24(27,28)29)18(35)12-21-31-32-23(38-21)22-15(25)3-2-4-16(22)26;/h2-6,11H,7-10,12-13H2,1H3,(H,30,36);1H. The zero-order valence-electron chi connectivity index (χ0n) is 20.4. The Bertz CT molecular complexity index is 1310. The number of amides is 1. The molecule has 39 heavy (non-hydrogen) atoms. The van der Waals surface area contributed by atoms with E-state index in [0.717, 1.165) is 54.8 Å². The molecule has 1 N–H and O–H groups in total. The third-order valence-corrected chi connectivity index (χ3v) is 6.66. The number of ketones is 1. The van der Waals surface area contributed by atoms with E-state index in [1.165, 1.54) is 6.07 Å². The number of rotatable bonds is 8. The van der Waals surface area contributed by atoms with Crippen molar-refractivity contribution >= 4 is 41.1 Å². The molecule has 0 spiro atoms. The predicted molar refractivity (Wildman–Crippen MR) is 136 cm³/mol. The highest BCUT2D eigenvalue weighted by molar-refractivity contribution is 7.14. The Morgan fingerprint density at radius 3 is 2.36 bits per heavy atom. The molecule has 4 rings (SSSR count). The van der Waals surface area contributed by atoms with E-state index in [4.69, 9.17) is 0 Å². The summed E-state index contributed by atoms with van der Waals surface area (Å²) < 4.78 is 70.9. The van der Waals surface area contributed by atoms with Gasteiger partial charge in [-0.25, -0.2) is 8.78 Å². The molecule has 1 saturated heterocycles. The highest BCUT2D eigenvalue weighted by Crippen LogP contribution is 2.33. The second kappa shape index (κ2) is 12.8. The lowest BCUT2D eigenvalue weighted by Crippen LogP contribution is -2.47. The molecule has 1 aromatic heterocycles. The summed E-state index contributed by atoms with van der Waals surface area (Å²) in [5.74, 6) is -3.47. The second-order valence-electron chi connectivity index (χ2n) is 8.58. The number of nitrogens with one attached hydrogen (secondary N) is 1. The van der Waals surface area contributed by atoms with Crippen molar-refractivity contribution in [2.75, 3.05) is 45.1 Å². The Balaban J connectivity index is 0.00000420. The first kappa shape index (κ1) is 30.3. The van der Waals surface area contributed by atoms with Crippen LogP contribution in [-0.4, -0.2) is 77.8 Å². The van der Waals surface area contributed by atoms with Gasteiger partial charge in [0.25, 0.3) is 0 Å². The normalized spacial score (nSPS) is 14.5. The Hall–Kier alpha value is -3.20. The molecule has 3 aromatic rings. The maximum Gasteiger partial charge on any atom is 0.573 e. The number of ether oxygens (including phenoxy) is 1. The van der Waals surface area contributed by atoms with Gasteiger partial charge in [-0.15, -0.1) is 35.8 Å². The third-order valence-electron chi connectivity index (χ3n) is 5.72. The summed E-state index contributed by atoms with van der Waals surface area (Å²) in [6.07, 6.45) is -5.35. The van der Waals surface area contributed by atoms with Crippen LogP contribution in [0.15, 0.2) is 36.4 Å². The van der Waals surface area contributed by atoms with Gasteiger partial charge in [0.15, 0.2) is 16.5 Å². The topological polar surface area (TPSA) is 87.7 Å². The Morgan fingerprint density at radius 2 is 1.72 bits per heavy atom. The van der Waals surface area contributed by atoms with Crippen LogP contribution in [-0.2, 0) is 11.2 Å². The van der Waals surface area contributed by atoms with Crippen molar-refractivity contribution in [1.82, 2.24) is 20.0 Å². The Labute approximate surface area is 230 Å². The molecule has 210 valence electrons. The first-order valence-electron chi connectivity index (χ1n) is 11.4. The molecule has 15 heteroatoms. The Kier molecular flexibility index (Phi) is 9.93. The molecule has 0 atom stereocenters. The number of anilines is 1. The number of carbonyl (C=O) groups is 2. The first-order valence-corrected chi connectivity index (χ1v) is 12.2. The minimum absolute atomic E-state index is 0. The summed E-state index contributed by atoms with van der Waals surface area (Å²) in [5, 5.41) is 10.1. The van der Waals surface area contributed by atoms with Crippen molar-refractivity contribution in [1.29, 1.82) is 0 Å². The summed E-state index contributed by atoms with van der Waals surface area (Å²) >= 11 is 0.808. The van der Waals surface area contributed by atoms with Gasteiger partial charge in [-0.1, -0.05) is 17.4 Å². The second-order valence-corrected chi connectivity index (χ2v) is 9.65. The molecule has 2 heterocycles. The number of hydrogen-bond donors (Lipinski definition) is 1. The van der Waals surface area contributed by atoms with Crippen molar-refractivity contribution in [3.05, 3.63) is 58.6 Å². The average Bonchev–Trinajstić information content (AvgIpc) is 3.28. The number of halogens is 6. The zero-order valence-corrected chi connectivity index (χ0v) is 22.1. The van der Waals surface area contributed by atoms with Crippen LogP contribution in [0.2, 0.25) is 0 Å². The molecular weight excluding hydrogens is 569 g/mol. The molecule has 0 bridgehead atoms. The van der Waals surface area contributed by atoms with E-state index in [9.17, 15) is 31.5 Å². The quantitative estimate of drug-likeness (QED) is 0.307. The van der Waals surface area contributed by atoms with E-state index < -0.39 is 35.4 Å². The van der Waals surface area contributed by atoms with Crippen molar-refractivity contribution in [3.63, 3.8) is 0 Å². The highest BCUT2D eigenvalue weighted by Gasteiger charge is 2.33. The van der Waals surface area contributed by atoms with Crippen LogP contribution in [0.5, 0.6) is 5.75 Å². The van der Waals surface area contributed by atoms with Gasteiger partial charge in [0.1, 0.15) is 16.6 Å². The molecule has 1 aliphatic rings. The van der Waals surface area contributed by atoms with Gasteiger partial charge in [0.05, 0.1) is 24.2 Å². The van der Waals surface area contributed by atoms with Crippen molar-refractivity contribution in [3.8, 4) is 16.3 Å². The largest absolute Gasteiger partial charge is 0.573 e. The number of alkyl halides is 3. The highest BCUT2D eigenvalue weighted by atomic mass is 35.5. The number of carbonyl (C=O) groups excluding carboxylic acids is 2. The minimum Gasteiger partial charge on any atom is -0.404 e. The van der Waals surface area contributed by atoms with Gasteiger partial charge in [0, 0.05) is 31.7 Å². The smallest absolute Gasteiger partial charge is 0.404 e. The van der Waals surface area contributed by atoms with Crippen LogP contribution in [0, 0.1) is 11.6 Å². The molecule has 0 radical (unpaired) electrons. The monoisotopic (exact) mass is 591 g/mol. The van der Waals surface area contributed by atoms with Gasteiger partial charge in [-0.05, 0) is 37.4 Å². The van der Waals surface area contributed by atoms with Crippen LogP contribution in [0.25, 0.3) is 10.6 Å². The molecule has 1 amide bonds. The molecule has 2 aromatic carbocycles. The van der Waals surface area contributed by atoms with Crippen LogP contribution in [0.3, 0.4) is 0 Å². The average molecular weight is 592 g/mol. The van der Waals surface area contributed by atoms with Gasteiger partial charge in [-0.3, -0.25) is 14.5 Å². The number of aromatic nitrogens is 2.